The van der Waals surface area contributed by atoms with E-state index in [0.717, 1.165) is 16.9 Å². The van der Waals surface area contributed by atoms with Crippen molar-refractivity contribution in [1.82, 2.24) is 10.2 Å². The van der Waals surface area contributed by atoms with Crippen molar-refractivity contribution in [1.29, 1.82) is 0 Å². The van der Waals surface area contributed by atoms with Gasteiger partial charge in [0.05, 0.1) is 7.11 Å². The molecule has 8 nitrogen and oxygen atoms in total. The molecule has 3 N–H and O–H groups in total. The number of methoxy groups -OCH3 is 1. The van der Waals surface area contributed by atoms with Gasteiger partial charge < -0.3 is 20.5 Å². The Morgan fingerprint density at radius 1 is 1.30 bits per heavy atom. The van der Waals surface area contributed by atoms with E-state index in [9.17, 15) is 19.5 Å². The fourth-order valence-corrected chi connectivity index (χ4v) is 3.23. The Balaban J connectivity index is 1.77. The Bertz CT molecular complexity index is 1050. The van der Waals surface area contributed by atoms with E-state index < -0.39 is 24.4 Å². The third kappa shape index (κ3) is 4.38. The van der Waals surface area contributed by atoms with E-state index in [0.29, 0.717) is 5.69 Å². The molecule has 156 valence electrons. The predicted molar refractivity (Wildman–Crippen MR) is 112 cm³/mol. The molecule has 0 bridgehead atoms. The van der Waals surface area contributed by atoms with Crippen LogP contribution in [0.15, 0.2) is 42.1 Å². The lowest BCUT2D eigenvalue weighted by molar-refractivity contribution is -0.127. The van der Waals surface area contributed by atoms with E-state index in [2.05, 4.69) is 10.6 Å². The number of nitrogens with zero attached hydrogens (tertiary/aromatic N) is 1. The monoisotopic (exact) mass is 429 g/mol. The highest BCUT2D eigenvalue weighted by molar-refractivity contribution is 6.31. The van der Waals surface area contributed by atoms with E-state index in [1.807, 2.05) is 19.1 Å². The molecule has 0 radical (unpaired) electrons. The summed E-state index contributed by atoms with van der Waals surface area (Å²) >= 11 is 5.99. The Labute approximate surface area is 178 Å². The van der Waals surface area contributed by atoms with Crippen LogP contribution in [0.4, 0.5) is 10.5 Å². The highest BCUT2D eigenvalue weighted by Crippen LogP contribution is 2.35. The maximum atomic E-state index is 12.6. The van der Waals surface area contributed by atoms with Gasteiger partial charge >= 0.3 is 6.03 Å². The summed E-state index contributed by atoms with van der Waals surface area (Å²) in [5.74, 6) is -1.31. The van der Waals surface area contributed by atoms with Gasteiger partial charge in [0.15, 0.2) is 11.5 Å². The summed E-state index contributed by atoms with van der Waals surface area (Å²) in [5, 5.41) is 15.6. The van der Waals surface area contributed by atoms with E-state index in [1.165, 1.54) is 25.3 Å². The minimum Gasteiger partial charge on any atom is -0.504 e. The van der Waals surface area contributed by atoms with Crippen LogP contribution < -0.4 is 15.4 Å². The molecule has 0 aliphatic carbocycles. The lowest BCUT2D eigenvalue weighted by Crippen LogP contribution is -2.38. The van der Waals surface area contributed by atoms with Gasteiger partial charge in [-0.2, -0.15) is 0 Å². The number of aromatic hydroxyl groups is 1. The Morgan fingerprint density at radius 2 is 2.03 bits per heavy atom. The maximum absolute atomic E-state index is 12.6. The van der Waals surface area contributed by atoms with Crippen LogP contribution >= 0.6 is 11.6 Å². The summed E-state index contributed by atoms with van der Waals surface area (Å²) in [7, 11) is 1.36. The third-order valence-corrected chi connectivity index (χ3v) is 4.74. The van der Waals surface area contributed by atoms with E-state index >= 15 is 0 Å². The van der Waals surface area contributed by atoms with Gasteiger partial charge in [-0.25, -0.2) is 9.69 Å². The first-order valence-corrected chi connectivity index (χ1v) is 9.50. The second-order valence-corrected chi connectivity index (χ2v) is 6.92. The van der Waals surface area contributed by atoms with Crippen LogP contribution in [0.1, 0.15) is 18.1 Å². The number of phenols is 1. The highest BCUT2D eigenvalue weighted by atomic mass is 35.5. The molecule has 1 aliphatic rings. The fourth-order valence-electron chi connectivity index (χ4n) is 3.01. The molecule has 2 aromatic carbocycles. The fraction of sp³-hybridized carbons (Fsp3) is 0.190. The number of hydrogen-bond acceptors (Lipinski definition) is 5. The lowest BCUT2D eigenvalue weighted by atomic mass is 10.1. The number of rotatable bonds is 6. The number of carbonyl (C=O) groups excluding carboxylic acids is 3. The molecule has 4 amide bonds. The van der Waals surface area contributed by atoms with Crippen molar-refractivity contribution >= 4 is 41.2 Å². The quantitative estimate of drug-likeness (QED) is 0.483. The number of urea groups is 1. The number of imide groups is 1. The van der Waals surface area contributed by atoms with Gasteiger partial charge in [0.25, 0.3) is 5.91 Å². The molecule has 9 heteroatoms. The van der Waals surface area contributed by atoms with Gasteiger partial charge in [-0.3, -0.25) is 9.59 Å². The van der Waals surface area contributed by atoms with Gasteiger partial charge in [-0.05, 0) is 30.2 Å². The first-order valence-electron chi connectivity index (χ1n) is 9.12. The number of amides is 4. The third-order valence-electron chi connectivity index (χ3n) is 4.53. The summed E-state index contributed by atoms with van der Waals surface area (Å²) in [6.45, 7) is 1.50. The van der Waals surface area contributed by atoms with Crippen molar-refractivity contribution in [3.8, 4) is 11.5 Å². The van der Waals surface area contributed by atoms with Gasteiger partial charge in [-0.15, -0.1) is 0 Å². The maximum Gasteiger partial charge on any atom is 0.329 e. The summed E-state index contributed by atoms with van der Waals surface area (Å²) in [5.41, 5.74) is 1.66. The molecular formula is C21H20ClN3O5. The van der Waals surface area contributed by atoms with Gasteiger partial charge in [0, 0.05) is 22.3 Å². The molecule has 0 saturated carbocycles. The topological polar surface area (TPSA) is 108 Å². The van der Waals surface area contributed by atoms with E-state index in [4.69, 9.17) is 16.3 Å². The van der Waals surface area contributed by atoms with Gasteiger partial charge in [-0.1, -0.05) is 36.7 Å². The Kier molecular flexibility index (Phi) is 6.27. The van der Waals surface area contributed by atoms with Crippen LogP contribution in [0.2, 0.25) is 5.02 Å². The predicted octanol–water partition coefficient (Wildman–Crippen LogP) is 3.15. The Hall–Kier alpha value is -3.52. The highest BCUT2D eigenvalue weighted by Gasteiger charge is 2.35. The number of phenolic OH excluding ortho intramolecular Hbond substituents is 1. The molecule has 1 fully saturated rings. The standard InChI is InChI=1S/C21H20ClN3O5/c1-3-12-6-4-5-7-15(12)23-18(26)11-25-20(28)16(24-21(25)29)9-13-8-14(22)10-17(30-2)19(13)27/h4-10,27H,3,11H2,1-2H3,(H,23,26)(H,24,29)/b16-9+. The number of ether oxygens (including phenoxy) is 1. The summed E-state index contributed by atoms with van der Waals surface area (Å²) < 4.78 is 5.03. The lowest BCUT2D eigenvalue weighted by Gasteiger charge is -2.13. The van der Waals surface area contributed by atoms with Crippen LogP contribution in [0.3, 0.4) is 0 Å². The smallest absolute Gasteiger partial charge is 0.329 e. The zero-order valence-electron chi connectivity index (χ0n) is 16.4. The van der Waals surface area contributed by atoms with Crippen molar-refractivity contribution in [3.63, 3.8) is 0 Å². The van der Waals surface area contributed by atoms with Crippen molar-refractivity contribution in [2.24, 2.45) is 0 Å². The second kappa shape index (κ2) is 8.87. The van der Waals surface area contributed by atoms with Crippen LogP contribution in [-0.4, -0.2) is 41.5 Å². The number of nitrogens with one attached hydrogen (secondary N) is 2. The number of hydrogen-bond donors (Lipinski definition) is 3. The number of para-hydroxylation sites is 1. The number of halogens is 1. The van der Waals surface area contributed by atoms with Crippen molar-refractivity contribution < 1.29 is 24.2 Å². The van der Waals surface area contributed by atoms with Crippen molar-refractivity contribution in [2.45, 2.75) is 13.3 Å². The molecule has 2 aromatic rings. The summed E-state index contributed by atoms with van der Waals surface area (Å²) in [6.07, 6.45) is 1.99. The molecule has 0 aromatic heterocycles. The second-order valence-electron chi connectivity index (χ2n) is 6.48. The largest absolute Gasteiger partial charge is 0.504 e. The summed E-state index contributed by atoms with van der Waals surface area (Å²) in [6, 6.07) is 9.39. The number of anilines is 1. The SMILES string of the molecule is CCc1ccccc1NC(=O)CN1C(=O)N/C(=C/c2cc(Cl)cc(OC)c2O)C1=O. The zero-order valence-corrected chi connectivity index (χ0v) is 17.1. The molecule has 1 aliphatic heterocycles. The van der Waals surface area contributed by atoms with E-state index in [1.54, 1.807) is 12.1 Å². The van der Waals surface area contributed by atoms with Gasteiger partial charge in [0.1, 0.15) is 12.2 Å². The van der Waals surface area contributed by atoms with E-state index in [-0.39, 0.29) is 27.8 Å². The average molecular weight is 430 g/mol. The normalized spacial score (nSPS) is 14.8. The number of benzene rings is 2. The minimum absolute atomic E-state index is 0.0959. The Morgan fingerprint density at radius 3 is 2.73 bits per heavy atom. The van der Waals surface area contributed by atoms with Crippen LogP contribution in [0, 0.1) is 0 Å². The summed E-state index contributed by atoms with van der Waals surface area (Å²) in [4.78, 5) is 38.0. The van der Waals surface area contributed by atoms with Crippen molar-refractivity contribution in [3.05, 3.63) is 58.2 Å². The molecule has 0 atom stereocenters. The molecule has 0 spiro atoms. The van der Waals surface area contributed by atoms with Crippen LogP contribution in [0.25, 0.3) is 6.08 Å². The molecule has 3 rings (SSSR count). The molecule has 0 unspecified atom stereocenters. The van der Waals surface area contributed by atoms with Gasteiger partial charge in [0.2, 0.25) is 5.91 Å². The first-order chi connectivity index (χ1) is 14.3. The molecule has 1 saturated heterocycles. The van der Waals surface area contributed by atoms with Crippen LogP contribution in [-0.2, 0) is 16.0 Å². The first kappa shape index (κ1) is 21.2. The molecule has 1 heterocycles. The average Bonchev–Trinajstić information content (AvgIpc) is 2.98. The molecule has 30 heavy (non-hydrogen) atoms. The zero-order chi connectivity index (χ0) is 21.8. The van der Waals surface area contributed by atoms with Crippen LogP contribution in [0.5, 0.6) is 11.5 Å². The number of aryl methyl sites for hydroxylation is 1. The number of carbonyl (C=O) groups is 3. The van der Waals surface area contributed by atoms with Crippen molar-refractivity contribution in [2.75, 3.05) is 19.0 Å². The minimum atomic E-state index is -0.737. The molecular weight excluding hydrogens is 410 g/mol.